The van der Waals surface area contributed by atoms with Crippen molar-refractivity contribution in [1.82, 2.24) is 5.32 Å². The van der Waals surface area contributed by atoms with Crippen molar-refractivity contribution in [3.63, 3.8) is 0 Å². The van der Waals surface area contributed by atoms with Crippen LogP contribution in [-0.4, -0.2) is 31.3 Å². The zero-order valence-corrected chi connectivity index (χ0v) is 15.4. The van der Waals surface area contributed by atoms with E-state index >= 15 is 0 Å². The van der Waals surface area contributed by atoms with Crippen LogP contribution in [0.5, 0.6) is 5.75 Å². The van der Waals surface area contributed by atoms with Crippen LogP contribution in [0.3, 0.4) is 0 Å². The van der Waals surface area contributed by atoms with Crippen molar-refractivity contribution in [3.05, 3.63) is 28.3 Å². The predicted octanol–water partition coefficient (Wildman–Crippen LogP) is 3.83. The second kappa shape index (κ2) is 7.32. The predicted molar refractivity (Wildman–Crippen MR) is 94.8 cm³/mol. The minimum absolute atomic E-state index is 0.0225. The topological polar surface area (TPSA) is 47.6 Å². The molecule has 0 spiro atoms. The molecule has 4 nitrogen and oxygen atoms in total. The van der Waals surface area contributed by atoms with Crippen molar-refractivity contribution in [3.8, 4) is 5.75 Å². The van der Waals surface area contributed by atoms with Crippen molar-refractivity contribution in [2.24, 2.45) is 5.92 Å². The number of benzene rings is 1. The first-order chi connectivity index (χ1) is 11.5. The van der Waals surface area contributed by atoms with Crippen LogP contribution in [-0.2, 0) is 9.53 Å². The van der Waals surface area contributed by atoms with E-state index in [9.17, 15) is 4.79 Å². The van der Waals surface area contributed by atoms with Gasteiger partial charge in [-0.3, -0.25) is 4.79 Å². The summed E-state index contributed by atoms with van der Waals surface area (Å²) in [6.45, 7) is 6.87. The van der Waals surface area contributed by atoms with Crippen molar-refractivity contribution in [1.29, 1.82) is 0 Å². The minimum atomic E-state index is -0.0848. The van der Waals surface area contributed by atoms with Crippen molar-refractivity contribution < 1.29 is 14.3 Å². The van der Waals surface area contributed by atoms with Crippen molar-refractivity contribution in [2.75, 3.05) is 13.2 Å². The van der Waals surface area contributed by atoms with Gasteiger partial charge in [-0.15, -0.1) is 0 Å². The number of hydrogen-bond acceptors (Lipinski definition) is 3. The van der Waals surface area contributed by atoms with E-state index in [4.69, 9.17) is 21.1 Å². The number of ether oxygens (including phenoxy) is 2. The zero-order valence-electron chi connectivity index (χ0n) is 14.6. The molecule has 1 saturated heterocycles. The standard InChI is InChI=1S/C19H26ClNO3/c1-11(2)14-9-15(20)12(3)8-17(14)24-10-18(22)21-16-6-7-23-19(16)13-4-5-13/h8-9,11,13,16,19H,4-7,10H2,1-3H3,(H,21,22)/t16-,19-/m0/s1. The molecule has 0 unspecified atom stereocenters. The van der Waals surface area contributed by atoms with Gasteiger partial charge in [-0.1, -0.05) is 25.4 Å². The van der Waals surface area contributed by atoms with Crippen LogP contribution in [0.4, 0.5) is 0 Å². The Morgan fingerprint density at radius 1 is 1.38 bits per heavy atom. The van der Waals surface area contributed by atoms with Gasteiger partial charge >= 0.3 is 0 Å². The summed E-state index contributed by atoms with van der Waals surface area (Å²) in [6.07, 6.45) is 3.52. The molecule has 1 saturated carbocycles. The number of halogens is 1. The molecule has 1 aliphatic heterocycles. The van der Waals surface area contributed by atoms with Crippen LogP contribution < -0.4 is 10.1 Å². The van der Waals surface area contributed by atoms with E-state index in [0.29, 0.717) is 5.92 Å². The lowest BCUT2D eigenvalue weighted by Crippen LogP contribution is -2.43. The van der Waals surface area contributed by atoms with E-state index in [-0.39, 0.29) is 30.6 Å². The molecule has 2 aliphatic rings. The summed E-state index contributed by atoms with van der Waals surface area (Å²) in [4.78, 5) is 12.3. The molecule has 2 fully saturated rings. The van der Waals surface area contributed by atoms with Gasteiger partial charge in [0, 0.05) is 11.6 Å². The number of aryl methyl sites for hydroxylation is 1. The van der Waals surface area contributed by atoms with Gasteiger partial charge in [-0.2, -0.15) is 0 Å². The maximum Gasteiger partial charge on any atom is 0.258 e. The highest BCUT2D eigenvalue weighted by Gasteiger charge is 2.41. The molecular weight excluding hydrogens is 326 g/mol. The van der Waals surface area contributed by atoms with Crippen LogP contribution in [0, 0.1) is 12.8 Å². The summed E-state index contributed by atoms with van der Waals surface area (Å²) in [5.74, 6) is 1.57. The fourth-order valence-corrected chi connectivity index (χ4v) is 3.47. The Balaban J connectivity index is 1.59. The molecule has 0 radical (unpaired) electrons. The normalized spacial score (nSPS) is 23.5. The number of carbonyl (C=O) groups is 1. The monoisotopic (exact) mass is 351 g/mol. The number of nitrogens with one attached hydrogen (secondary N) is 1. The molecule has 1 amide bonds. The summed E-state index contributed by atoms with van der Waals surface area (Å²) in [5, 5.41) is 3.81. The zero-order chi connectivity index (χ0) is 17.3. The van der Waals surface area contributed by atoms with Gasteiger partial charge in [0.05, 0.1) is 12.1 Å². The Kier molecular flexibility index (Phi) is 5.36. The van der Waals surface area contributed by atoms with E-state index < -0.39 is 0 Å². The van der Waals surface area contributed by atoms with Gasteiger partial charge in [0.1, 0.15) is 5.75 Å². The molecule has 0 aromatic heterocycles. The lowest BCUT2D eigenvalue weighted by molar-refractivity contribution is -0.124. The van der Waals surface area contributed by atoms with E-state index in [1.54, 1.807) is 0 Å². The van der Waals surface area contributed by atoms with E-state index in [1.165, 1.54) is 12.8 Å². The Hall–Kier alpha value is -1.26. The Morgan fingerprint density at radius 3 is 2.79 bits per heavy atom. The third-order valence-corrected chi connectivity index (χ3v) is 5.25. The lowest BCUT2D eigenvalue weighted by atomic mass is 10.0. The highest BCUT2D eigenvalue weighted by atomic mass is 35.5. The molecule has 1 N–H and O–H groups in total. The van der Waals surface area contributed by atoms with Crippen LogP contribution in [0.25, 0.3) is 0 Å². The molecule has 1 aromatic rings. The van der Waals surface area contributed by atoms with Crippen LogP contribution >= 0.6 is 11.6 Å². The van der Waals surface area contributed by atoms with E-state index in [0.717, 1.165) is 34.9 Å². The first-order valence-corrected chi connectivity index (χ1v) is 9.17. The smallest absolute Gasteiger partial charge is 0.258 e. The third-order valence-electron chi connectivity index (χ3n) is 4.84. The lowest BCUT2D eigenvalue weighted by Gasteiger charge is -2.20. The summed E-state index contributed by atoms with van der Waals surface area (Å²) in [7, 11) is 0. The number of hydrogen-bond donors (Lipinski definition) is 1. The molecule has 2 atom stereocenters. The van der Waals surface area contributed by atoms with Gasteiger partial charge in [-0.25, -0.2) is 0 Å². The van der Waals surface area contributed by atoms with E-state index in [1.807, 2.05) is 19.1 Å². The number of carbonyl (C=O) groups excluding carboxylic acids is 1. The summed E-state index contributed by atoms with van der Waals surface area (Å²) in [6, 6.07) is 3.98. The molecule has 1 aliphatic carbocycles. The van der Waals surface area contributed by atoms with Gasteiger partial charge in [0.15, 0.2) is 6.61 Å². The molecule has 24 heavy (non-hydrogen) atoms. The number of rotatable bonds is 6. The maximum absolute atomic E-state index is 12.3. The largest absolute Gasteiger partial charge is 0.483 e. The first kappa shape index (κ1) is 17.6. The van der Waals surface area contributed by atoms with Crippen LogP contribution in [0.2, 0.25) is 5.02 Å². The third kappa shape index (κ3) is 4.04. The van der Waals surface area contributed by atoms with Gasteiger partial charge in [0.25, 0.3) is 5.91 Å². The summed E-state index contributed by atoms with van der Waals surface area (Å²) >= 11 is 6.21. The molecule has 1 aromatic carbocycles. The Labute approximate surface area is 148 Å². The van der Waals surface area contributed by atoms with E-state index in [2.05, 4.69) is 19.2 Å². The fourth-order valence-electron chi connectivity index (χ4n) is 3.29. The molecule has 0 bridgehead atoms. The summed E-state index contributed by atoms with van der Waals surface area (Å²) < 4.78 is 11.6. The SMILES string of the molecule is Cc1cc(OCC(=O)N[C@H]2CCO[C@H]2C2CC2)c(C(C)C)cc1Cl. The minimum Gasteiger partial charge on any atom is -0.483 e. The molecule has 132 valence electrons. The highest BCUT2D eigenvalue weighted by Crippen LogP contribution is 2.38. The maximum atomic E-state index is 12.3. The molecule has 3 rings (SSSR count). The summed E-state index contributed by atoms with van der Waals surface area (Å²) in [5.41, 5.74) is 1.98. The van der Waals surface area contributed by atoms with Crippen LogP contribution in [0.15, 0.2) is 12.1 Å². The molecule has 5 heteroatoms. The molecule has 1 heterocycles. The Bertz CT molecular complexity index is 613. The average molecular weight is 352 g/mol. The van der Waals surface area contributed by atoms with Crippen LogP contribution in [0.1, 0.15) is 50.2 Å². The fraction of sp³-hybridized carbons (Fsp3) is 0.632. The molecular formula is C19H26ClNO3. The average Bonchev–Trinajstić information content (AvgIpc) is 3.28. The first-order valence-electron chi connectivity index (χ1n) is 8.79. The quantitative estimate of drug-likeness (QED) is 0.847. The second-order valence-corrected chi connectivity index (χ2v) is 7.63. The van der Waals surface area contributed by atoms with Crippen molar-refractivity contribution in [2.45, 2.75) is 58.1 Å². The van der Waals surface area contributed by atoms with Gasteiger partial charge < -0.3 is 14.8 Å². The van der Waals surface area contributed by atoms with Gasteiger partial charge in [0.2, 0.25) is 0 Å². The number of amides is 1. The second-order valence-electron chi connectivity index (χ2n) is 7.22. The van der Waals surface area contributed by atoms with Gasteiger partial charge in [-0.05, 0) is 61.3 Å². The van der Waals surface area contributed by atoms with Crippen molar-refractivity contribution >= 4 is 17.5 Å². The highest BCUT2D eigenvalue weighted by molar-refractivity contribution is 6.31. The Morgan fingerprint density at radius 2 is 2.12 bits per heavy atom.